The summed E-state index contributed by atoms with van der Waals surface area (Å²) in [5.74, 6) is 0.0902. The van der Waals surface area contributed by atoms with Crippen molar-refractivity contribution in [3.05, 3.63) is 0 Å². The molecule has 0 aromatic heterocycles. The van der Waals surface area contributed by atoms with Crippen LogP contribution in [0.1, 0.15) is 52.9 Å². The Balaban J connectivity index is 1.93. The monoisotopic (exact) mass is 353 g/mol. The van der Waals surface area contributed by atoms with Crippen molar-refractivity contribution in [2.45, 2.75) is 58.9 Å². The number of carbonyl (C=O) groups is 2. The smallest absolute Gasteiger partial charge is 0.242 e. The second-order valence-corrected chi connectivity index (χ2v) is 8.88. The van der Waals surface area contributed by atoms with Crippen LogP contribution in [0.5, 0.6) is 0 Å². The lowest BCUT2D eigenvalue weighted by molar-refractivity contribution is -0.140. The third kappa shape index (κ3) is 5.68. The van der Waals surface area contributed by atoms with Crippen molar-refractivity contribution in [1.82, 2.24) is 15.5 Å². The molecule has 6 nitrogen and oxygen atoms in total. The molecule has 1 unspecified atom stereocenters. The van der Waals surface area contributed by atoms with Crippen LogP contribution in [0, 0.1) is 10.8 Å². The number of amides is 2. The van der Waals surface area contributed by atoms with Gasteiger partial charge in [0.2, 0.25) is 11.8 Å². The number of rotatable bonds is 6. The van der Waals surface area contributed by atoms with Crippen LogP contribution in [-0.4, -0.2) is 62.7 Å². The van der Waals surface area contributed by atoms with Gasteiger partial charge in [-0.3, -0.25) is 9.59 Å². The number of likely N-dealkylation sites (tertiary alicyclic amines) is 1. The average molecular weight is 354 g/mol. The van der Waals surface area contributed by atoms with Gasteiger partial charge in [-0.25, -0.2) is 0 Å². The molecule has 1 atom stereocenters. The number of carbonyl (C=O) groups excluding carboxylic acids is 2. The van der Waals surface area contributed by atoms with Gasteiger partial charge >= 0.3 is 0 Å². The van der Waals surface area contributed by atoms with E-state index in [0.717, 1.165) is 38.8 Å². The minimum absolute atomic E-state index is 0.00577. The predicted octanol–water partition coefficient (Wildman–Crippen LogP) is 1.55. The van der Waals surface area contributed by atoms with E-state index in [-0.39, 0.29) is 28.7 Å². The molecule has 2 fully saturated rings. The first-order chi connectivity index (χ1) is 11.8. The molecule has 144 valence electrons. The Morgan fingerprint density at radius 3 is 2.56 bits per heavy atom. The summed E-state index contributed by atoms with van der Waals surface area (Å²) >= 11 is 0. The number of piperidine rings is 1. The van der Waals surface area contributed by atoms with E-state index in [4.69, 9.17) is 4.74 Å². The van der Waals surface area contributed by atoms with Crippen LogP contribution in [0.2, 0.25) is 0 Å². The van der Waals surface area contributed by atoms with Crippen molar-refractivity contribution >= 4 is 11.8 Å². The van der Waals surface area contributed by atoms with Gasteiger partial charge in [-0.1, -0.05) is 20.8 Å². The van der Waals surface area contributed by atoms with Gasteiger partial charge in [0.25, 0.3) is 0 Å². The highest BCUT2D eigenvalue weighted by Gasteiger charge is 2.37. The Kier molecular flexibility index (Phi) is 6.86. The van der Waals surface area contributed by atoms with Gasteiger partial charge in [-0.2, -0.15) is 0 Å². The summed E-state index contributed by atoms with van der Waals surface area (Å²) in [6, 6.07) is -0.309. The topological polar surface area (TPSA) is 70.7 Å². The van der Waals surface area contributed by atoms with E-state index in [1.807, 2.05) is 0 Å². The average Bonchev–Trinajstić information content (AvgIpc) is 3.02. The normalized spacial score (nSPS) is 23.5. The third-order valence-corrected chi connectivity index (χ3v) is 5.31. The maximum Gasteiger partial charge on any atom is 0.242 e. The predicted molar refractivity (Wildman–Crippen MR) is 98.2 cm³/mol. The van der Waals surface area contributed by atoms with Gasteiger partial charge in [0, 0.05) is 32.0 Å². The van der Waals surface area contributed by atoms with E-state index < -0.39 is 0 Å². The van der Waals surface area contributed by atoms with Crippen molar-refractivity contribution in [3.8, 4) is 0 Å². The van der Waals surface area contributed by atoms with Gasteiger partial charge in [-0.05, 0) is 44.2 Å². The standard InChI is InChI=1S/C19H35N3O3/c1-18(2,3)12-16(23)22-11-5-6-15(22)17(24)21-13-19(14-25-4)7-9-20-10-8-19/h15,20H,5-14H2,1-4H3,(H,21,24). The largest absolute Gasteiger partial charge is 0.384 e. The zero-order valence-corrected chi connectivity index (χ0v) is 16.3. The molecule has 0 radical (unpaired) electrons. The molecule has 2 N–H and O–H groups in total. The highest BCUT2D eigenvalue weighted by atomic mass is 16.5. The van der Waals surface area contributed by atoms with Crippen molar-refractivity contribution in [3.63, 3.8) is 0 Å². The summed E-state index contributed by atoms with van der Waals surface area (Å²) in [5, 5.41) is 6.49. The highest BCUT2D eigenvalue weighted by molar-refractivity contribution is 5.88. The van der Waals surface area contributed by atoms with E-state index in [1.165, 1.54) is 0 Å². The molecular formula is C19H35N3O3. The summed E-state index contributed by atoms with van der Waals surface area (Å²) in [7, 11) is 1.72. The Morgan fingerprint density at radius 2 is 1.96 bits per heavy atom. The molecule has 25 heavy (non-hydrogen) atoms. The van der Waals surface area contributed by atoms with E-state index in [2.05, 4.69) is 31.4 Å². The number of methoxy groups -OCH3 is 1. The Bertz CT molecular complexity index is 462. The first-order valence-corrected chi connectivity index (χ1v) is 9.53. The van der Waals surface area contributed by atoms with Crippen LogP contribution in [0.15, 0.2) is 0 Å². The van der Waals surface area contributed by atoms with Crippen molar-refractivity contribution in [2.75, 3.05) is 39.9 Å². The van der Waals surface area contributed by atoms with Crippen LogP contribution in [-0.2, 0) is 14.3 Å². The summed E-state index contributed by atoms with van der Waals surface area (Å²) < 4.78 is 5.41. The summed E-state index contributed by atoms with van der Waals surface area (Å²) in [4.78, 5) is 27.1. The molecule has 0 bridgehead atoms. The lowest BCUT2D eigenvalue weighted by Gasteiger charge is -2.37. The molecule has 2 aliphatic rings. The molecule has 0 saturated carbocycles. The molecule has 0 aliphatic carbocycles. The fourth-order valence-corrected chi connectivity index (χ4v) is 3.92. The molecule has 0 spiro atoms. The summed E-state index contributed by atoms with van der Waals surface area (Å²) in [6.45, 7) is 10.1. The van der Waals surface area contributed by atoms with Crippen LogP contribution < -0.4 is 10.6 Å². The van der Waals surface area contributed by atoms with Crippen LogP contribution >= 0.6 is 0 Å². The first kappa shape index (κ1) is 20.2. The molecule has 2 heterocycles. The number of hydrogen-bond donors (Lipinski definition) is 2. The van der Waals surface area contributed by atoms with Gasteiger partial charge < -0.3 is 20.3 Å². The summed E-state index contributed by atoms with van der Waals surface area (Å²) in [5.41, 5.74) is -0.0488. The lowest BCUT2D eigenvalue weighted by Crippen LogP contribution is -2.51. The fourth-order valence-electron chi connectivity index (χ4n) is 3.92. The minimum Gasteiger partial charge on any atom is -0.384 e. The van der Waals surface area contributed by atoms with Crippen molar-refractivity contribution < 1.29 is 14.3 Å². The van der Waals surface area contributed by atoms with Crippen LogP contribution in [0.4, 0.5) is 0 Å². The Hall–Kier alpha value is -1.14. The lowest BCUT2D eigenvalue weighted by atomic mass is 9.79. The van der Waals surface area contributed by atoms with Gasteiger partial charge in [0.1, 0.15) is 6.04 Å². The minimum atomic E-state index is -0.309. The van der Waals surface area contributed by atoms with E-state index in [9.17, 15) is 9.59 Å². The van der Waals surface area contributed by atoms with E-state index >= 15 is 0 Å². The van der Waals surface area contributed by atoms with Gasteiger partial charge in [0.15, 0.2) is 0 Å². The molecule has 2 rings (SSSR count). The molecule has 2 amide bonds. The Labute approximate surface area is 152 Å². The maximum absolute atomic E-state index is 12.8. The highest BCUT2D eigenvalue weighted by Crippen LogP contribution is 2.29. The molecule has 2 saturated heterocycles. The second-order valence-electron chi connectivity index (χ2n) is 8.88. The molecular weight excluding hydrogens is 318 g/mol. The quantitative estimate of drug-likeness (QED) is 0.760. The fraction of sp³-hybridized carbons (Fsp3) is 0.895. The van der Waals surface area contributed by atoms with E-state index in [1.54, 1.807) is 12.0 Å². The van der Waals surface area contributed by atoms with Crippen LogP contribution in [0.25, 0.3) is 0 Å². The van der Waals surface area contributed by atoms with Crippen LogP contribution in [0.3, 0.4) is 0 Å². The summed E-state index contributed by atoms with van der Waals surface area (Å²) in [6.07, 6.45) is 4.15. The molecule has 0 aromatic carbocycles. The zero-order chi connectivity index (χ0) is 18.5. The number of nitrogens with one attached hydrogen (secondary N) is 2. The molecule has 0 aromatic rings. The van der Waals surface area contributed by atoms with Gasteiger partial charge in [0.05, 0.1) is 6.61 Å². The number of ether oxygens (including phenoxy) is 1. The zero-order valence-electron chi connectivity index (χ0n) is 16.3. The first-order valence-electron chi connectivity index (χ1n) is 9.53. The third-order valence-electron chi connectivity index (χ3n) is 5.31. The SMILES string of the molecule is COCC1(CNC(=O)C2CCCN2C(=O)CC(C)(C)C)CCNCC1. The Morgan fingerprint density at radius 1 is 1.28 bits per heavy atom. The number of nitrogens with zero attached hydrogens (tertiary/aromatic N) is 1. The molecule has 6 heteroatoms. The van der Waals surface area contributed by atoms with Gasteiger partial charge in [-0.15, -0.1) is 0 Å². The van der Waals surface area contributed by atoms with E-state index in [0.29, 0.717) is 26.1 Å². The maximum atomic E-state index is 12.8. The molecule has 2 aliphatic heterocycles. The van der Waals surface area contributed by atoms with Crippen molar-refractivity contribution in [1.29, 1.82) is 0 Å². The second kappa shape index (κ2) is 8.49. The van der Waals surface area contributed by atoms with Crippen molar-refractivity contribution in [2.24, 2.45) is 10.8 Å². The number of hydrogen-bond acceptors (Lipinski definition) is 4.